The molecule has 9 heavy (non-hydrogen) atoms. The van der Waals surface area contributed by atoms with Gasteiger partial charge in [0.1, 0.15) is 0 Å². The number of rotatable bonds is 2. The van der Waals surface area contributed by atoms with E-state index >= 15 is 0 Å². The summed E-state index contributed by atoms with van der Waals surface area (Å²) in [4.78, 5) is 0. The van der Waals surface area contributed by atoms with E-state index in [0.717, 1.165) is 0 Å². The van der Waals surface area contributed by atoms with Crippen LogP contribution in [0, 0.1) is 0 Å². The standard InChI is InChI=1S/C3H9NO3S.Na.H/c1-3(2)4-8(5,6)7;;/h3-4H,1-2H3,(H,5,6,7);;. The van der Waals surface area contributed by atoms with E-state index in [2.05, 4.69) is 0 Å². The van der Waals surface area contributed by atoms with Crippen LogP contribution in [0.4, 0.5) is 0 Å². The SMILES string of the molecule is CC(C)NS(=O)(=O)O.[NaH]. The Labute approximate surface area is 77.2 Å². The molecular formula is C3H10NNaO3S. The van der Waals surface area contributed by atoms with Crippen molar-refractivity contribution in [2.24, 2.45) is 0 Å². The zero-order valence-corrected chi connectivity index (χ0v) is 5.57. The Balaban J connectivity index is 0. The maximum absolute atomic E-state index is 9.89. The summed E-state index contributed by atoms with van der Waals surface area (Å²) < 4.78 is 29.7. The molecule has 0 unspecified atom stereocenters. The fraction of sp³-hybridized carbons (Fsp3) is 1.00. The summed E-state index contributed by atoms with van der Waals surface area (Å²) in [6.45, 7) is 3.24. The molecule has 0 aliphatic rings. The molecule has 0 fully saturated rings. The second-order valence-electron chi connectivity index (χ2n) is 1.75. The molecule has 0 aromatic heterocycles. The average Bonchev–Trinajstić information content (AvgIpc) is 1.21. The number of hydrogen-bond donors (Lipinski definition) is 2. The van der Waals surface area contributed by atoms with Crippen LogP contribution in [0.3, 0.4) is 0 Å². The average molecular weight is 163 g/mol. The molecule has 2 N–H and O–H groups in total. The van der Waals surface area contributed by atoms with Crippen molar-refractivity contribution in [1.82, 2.24) is 4.72 Å². The molecule has 6 heteroatoms. The molecule has 0 amide bonds. The van der Waals surface area contributed by atoms with E-state index in [9.17, 15) is 8.42 Å². The van der Waals surface area contributed by atoms with Crippen molar-refractivity contribution in [3.8, 4) is 0 Å². The summed E-state index contributed by atoms with van der Waals surface area (Å²) in [6, 6.07) is -0.245. The van der Waals surface area contributed by atoms with Crippen molar-refractivity contribution in [3.63, 3.8) is 0 Å². The van der Waals surface area contributed by atoms with E-state index in [1.54, 1.807) is 13.8 Å². The molecule has 0 bridgehead atoms. The van der Waals surface area contributed by atoms with Crippen molar-refractivity contribution in [2.45, 2.75) is 19.9 Å². The van der Waals surface area contributed by atoms with Crippen molar-refractivity contribution in [3.05, 3.63) is 0 Å². The van der Waals surface area contributed by atoms with Crippen LogP contribution in [0.5, 0.6) is 0 Å². The molecule has 0 atom stereocenters. The topological polar surface area (TPSA) is 66.4 Å². The third-order valence-corrected chi connectivity index (χ3v) is 1.15. The van der Waals surface area contributed by atoms with Gasteiger partial charge in [0.15, 0.2) is 0 Å². The zero-order chi connectivity index (χ0) is 6.78. The molecule has 0 heterocycles. The Morgan fingerprint density at radius 1 is 1.44 bits per heavy atom. The third-order valence-electron chi connectivity index (χ3n) is 0.385. The van der Waals surface area contributed by atoms with E-state index in [0.29, 0.717) is 0 Å². The summed E-state index contributed by atoms with van der Waals surface area (Å²) in [5, 5.41) is 0. The van der Waals surface area contributed by atoms with E-state index in [1.165, 1.54) is 0 Å². The van der Waals surface area contributed by atoms with E-state index in [-0.39, 0.29) is 35.6 Å². The number of nitrogens with one attached hydrogen (secondary N) is 1. The minimum absolute atomic E-state index is 0. The van der Waals surface area contributed by atoms with Crippen LogP contribution >= 0.6 is 0 Å². The van der Waals surface area contributed by atoms with Gasteiger partial charge in [-0.1, -0.05) is 0 Å². The van der Waals surface area contributed by atoms with E-state index in [1.807, 2.05) is 4.72 Å². The van der Waals surface area contributed by atoms with Crippen molar-refractivity contribution < 1.29 is 13.0 Å². The fourth-order valence-electron chi connectivity index (χ4n) is 0.298. The van der Waals surface area contributed by atoms with E-state index < -0.39 is 10.3 Å². The van der Waals surface area contributed by atoms with Crippen LogP contribution in [0.2, 0.25) is 0 Å². The molecule has 52 valence electrons. The first kappa shape index (κ1) is 12.5. The van der Waals surface area contributed by atoms with Crippen molar-refractivity contribution >= 4 is 39.9 Å². The summed E-state index contributed by atoms with van der Waals surface area (Å²) in [6.07, 6.45) is 0. The summed E-state index contributed by atoms with van der Waals surface area (Å²) in [5.41, 5.74) is 0. The molecule has 0 aromatic rings. The van der Waals surface area contributed by atoms with Crippen LogP contribution in [0.1, 0.15) is 13.8 Å². The third kappa shape index (κ3) is 12.1. The monoisotopic (exact) mass is 163 g/mol. The van der Waals surface area contributed by atoms with Crippen LogP contribution < -0.4 is 4.72 Å². The fourth-order valence-corrected chi connectivity index (χ4v) is 0.894. The second-order valence-corrected chi connectivity index (χ2v) is 2.93. The van der Waals surface area contributed by atoms with Gasteiger partial charge < -0.3 is 0 Å². The van der Waals surface area contributed by atoms with Gasteiger partial charge >= 0.3 is 39.9 Å². The molecule has 0 saturated carbocycles. The molecule has 0 spiro atoms. The molecular weight excluding hydrogens is 153 g/mol. The van der Waals surface area contributed by atoms with Crippen molar-refractivity contribution in [2.75, 3.05) is 0 Å². The van der Waals surface area contributed by atoms with Crippen molar-refractivity contribution in [1.29, 1.82) is 0 Å². The first-order valence-electron chi connectivity index (χ1n) is 2.16. The maximum atomic E-state index is 9.89. The predicted octanol–water partition coefficient (Wildman–Crippen LogP) is -0.861. The van der Waals surface area contributed by atoms with Gasteiger partial charge in [-0.2, -0.15) is 13.1 Å². The Morgan fingerprint density at radius 3 is 1.78 bits per heavy atom. The molecule has 0 aliphatic heterocycles. The quantitative estimate of drug-likeness (QED) is 0.411. The van der Waals surface area contributed by atoms with Gasteiger partial charge in [0.2, 0.25) is 0 Å². The molecule has 4 nitrogen and oxygen atoms in total. The summed E-state index contributed by atoms with van der Waals surface area (Å²) in [7, 11) is -3.97. The second kappa shape index (κ2) is 4.65. The first-order chi connectivity index (χ1) is 3.42. The molecule has 0 aromatic carbocycles. The molecule has 0 radical (unpaired) electrons. The number of hydrogen-bond acceptors (Lipinski definition) is 2. The zero-order valence-electron chi connectivity index (χ0n) is 4.75. The first-order valence-corrected chi connectivity index (χ1v) is 3.60. The molecule has 0 rings (SSSR count). The van der Waals surface area contributed by atoms with Gasteiger partial charge in [-0.3, -0.25) is 4.55 Å². The van der Waals surface area contributed by atoms with Gasteiger partial charge in [-0.25, -0.2) is 0 Å². The Bertz CT molecular complexity index is 152. The Hall–Kier alpha value is 0.870. The normalized spacial score (nSPS) is 11.1. The van der Waals surface area contributed by atoms with Gasteiger partial charge in [0, 0.05) is 6.04 Å². The minimum atomic E-state index is -3.97. The molecule has 0 saturated heterocycles. The van der Waals surface area contributed by atoms with Crippen LogP contribution in [-0.2, 0) is 10.3 Å². The van der Waals surface area contributed by atoms with Crippen LogP contribution in [0.15, 0.2) is 0 Å². The van der Waals surface area contributed by atoms with Gasteiger partial charge in [0.05, 0.1) is 0 Å². The Kier molecular flexibility index (Phi) is 6.48. The van der Waals surface area contributed by atoms with Gasteiger partial charge in [-0.05, 0) is 13.8 Å². The summed E-state index contributed by atoms with van der Waals surface area (Å²) in [5.74, 6) is 0. The van der Waals surface area contributed by atoms with Gasteiger partial charge in [-0.15, -0.1) is 0 Å². The Morgan fingerprint density at radius 2 is 1.78 bits per heavy atom. The molecule has 0 aliphatic carbocycles. The van der Waals surface area contributed by atoms with Crippen LogP contribution in [-0.4, -0.2) is 48.6 Å². The van der Waals surface area contributed by atoms with Gasteiger partial charge in [0.25, 0.3) is 0 Å². The predicted molar refractivity (Wildman–Crippen MR) is 37.0 cm³/mol. The van der Waals surface area contributed by atoms with E-state index in [4.69, 9.17) is 4.55 Å². The summed E-state index contributed by atoms with van der Waals surface area (Å²) >= 11 is 0. The van der Waals surface area contributed by atoms with Crippen LogP contribution in [0.25, 0.3) is 0 Å².